The highest BCUT2D eigenvalue weighted by Crippen LogP contribution is 2.29. The molecule has 1 fully saturated rings. The molecule has 8 heteroatoms. The third-order valence-electron chi connectivity index (χ3n) is 4.41. The van der Waals surface area contributed by atoms with Crippen molar-refractivity contribution < 1.29 is 4.42 Å². The second-order valence-electron chi connectivity index (χ2n) is 6.26. The standard InChI is InChI=1S/C17H20N6OS/c1-22-12-20-21-17(22)25-16-5-4-14(24-16)10-23-8-2-3-13(9-23)15-6-7-18-11-19-15/h4-7,11-13H,2-3,8-10H2,1H3. The molecular weight excluding hydrogens is 336 g/mol. The predicted molar refractivity (Wildman–Crippen MR) is 93.1 cm³/mol. The van der Waals surface area contributed by atoms with Crippen LogP contribution < -0.4 is 0 Å². The predicted octanol–water partition coefficient (Wildman–Crippen LogP) is 2.73. The van der Waals surface area contributed by atoms with Crippen LogP contribution in [-0.4, -0.2) is 42.7 Å². The Morgan fingerprint density at radius 3 is 3.08 bits per heavy atom. The van der Waals surface area contributed by atoms with E-state index in [4.69, 9.17) is 4.42 Å². The molecular formula is C17H20N6OS. The van der Waals surface area contributed by atoms with E-state index in [1.54, 1.807) is 12.7 Å². The molecule has 130 valence electrons. The van der Waals surface area contributed by atoms with Gasteiger partial charge in [0.05, 0.1) is 6.54 Å². The molecule has 0 bridgehead atoms. The summed E-state index contributed by atoms with van der Waals surface area (Å²) in [6.45, 7) is 2.92. The van der Waals surface area contributed by atoms with Gasteiger partial charge in [-0.3, -0.25) is 4.90 Å². The molecule has 1 aliphatic rings. The molecule has 3 aromatic heterocycles. The van der Waals surface area contributed by atoms with Crippen molar-refractivity contribution in [2.75, 3.05) is 13.1 Å². The number of hydrogen-bond acceptors (Lipinski definition) is 7. The van der Waals surface area contributed by atoms with Crippen LogP contribution in [0.1, 0.15) is 30.2 Å². The molecule has 0 N–H and O–H groups in total. The Balaban J connectivity index is 1.38. The van der Waals surface area contributed by atoms with Gasteiger partial charge in [-0.1, -0.05) is 0 Å². The fourth-order valence-electron chi connectivity index (χ4n) is 3.16. The highest BCUT2D eigenvalue weighted by Gasteiger charge is 2.23. The molecule has 7 nitrogen and oxygen atoms in total. The largest absolute Gasteiger partial charge is 0.453 e. The van der Waals surface area contributed by atoms with Gasteiger partial charge in [-0.2, -0.15) is 0 Å². The van der Waals surface area contributed by atoms with E-state index < -0.39 is 0 Å². The topological polar surface area (TPSA) is 72.9 Å². The van der Waals surface area contributed by atoms with Crippen LogP contribution in [0.4, 0.5) is 0 Å². The second-order valence-corrected chi connectivity index (χ2v) is 7.23. The summed E-state index contributed by atoms with van der Waals surface area (Å²) >= 11 is 1.49. The number of likely N-dealkylation sites (tertiary alicyclic amines) is 1. The lowest BCUT2D eigenvalue weighted by Crippen LogP contribution is -2.34. The smallest absolute Gasteiger partial charge is 0.198 e. The zero-order chi connectivity index (χ0) is 17.1. The molecule has 0 saturated carbocycles. The van der Waals surface area contributed by atoms with E-state index >= 15 is 0 Å². The summed E-state index contributed by atoms with van der Waals surface area (Å²) in [6.07, 6.45) is 7.50. The van der Waals surface area contributed by atoms with Gasteiger partial charge in [0.15, 0.2) is 10.2 Å². The summed E-state index contributed by atoms with van der Waals surface area (Å²) in [5.74, 6) is 1.45. The number of rotatable bonds is 5. The summed E-state index contributed by atoms with van der Waals surface area (Å²) in [5, 5.41) is 9.63. The van der Waals surface area contributed by atoms with Gasteiger partial charge in [0.2, 0.25) is 0 Å². The fraction of sp³-hybridized carbons (Fsp3) is 0.412. The van der Waals surface area contributed by atoms with E-state index in [9.17, 15) is 0 Å². The van der Waals surface area contributed by atoms with Crippen LogP contribution in [0.25, 0.3) is 0 Å². The molecule has 0 amide bonds. The van der Waals surface area contributed by atoms with Crippen LogP contribution in [-0.2, 0) is 13.6 Å². The van der Waals surface area contributed by atoms with Crippen molar-refractivity contribution in [3.05, 3.63) is 48.5 Å². The highest BCUT2D eigenvalue weighted by molar-refractivity contribution is 7.99. The van der Waals surface area contributed by atoms with Crippen molar-refractivity contribution in [1.29, 1.82) is 0 Å². The zero-order valence-corrected chi connectivity index (χ0v) is 14.9. The molecule has 0 aliphatic carbocycles. The van der Waals surface area contributed by atoms with E-state index in [1.807, 2.05) is 36.0 Å². The average molecular weight is 356 g/mol. The van der Waals surface area contributed by atoms with Gasteiger partial charge in [-0.25, -0.2) is 9.97 Å². The average Bonchev–Trinajstić information content (AvgIpc) is 3.26. The van der Waals surface area contributed by atoms with Gasteiger partial charge in [0.25, 0.3) is 0 Å². The first-order valence-corrected chi connectivity index (χ1v) is 9.18. The monoisotopic (exact) mass is 356 g/mol. The molecule has 25 heavy (non-hydrogen) atoms. The number of hydrogen-bond donors (Lipinski definition) is 0. The van der Waals surface area contributed by atoms with Crippen LogP contribution in [0.15, 0.2) is 51.7 Å². The Labute approximate surface area is 150 Å². The van der Waals surface area contributed by atoms with E-state index in [0.717, 1.165) is 41.3 Å². The summed E-state index contributed by atoms with van der Waals surface area (Å²) in [5.41, 5.74) is 1.14. The molecule has 3 aromatic rings. The second kappa shape index (κ2) is 7.37. The number of furan rings is 1. The molecule has 4 rings (SSSR count). The molecule has 1 unspecified atom stereocenters. The fourth-order valence-corrected chi connectivity index (χ4v) is 3.90. The summed E-state index contributed by atoms with van der Waals surface area (Å²) in [7, 11) is 1.92. The van der Waals surface area contributed by atoms with Crippen LogP contribution in [0.3, 0.4) is 0 Å². The summed E-state index contributed by atoms with van der Waals surface area (Å²) < 4.78 is 7.85. The van der Waals surface area contributed by atoms with Crippen molar-refractivity contribution in [2.24, 2.45) is 7.05 Å². The third-order valence-corrected chi connectivity index (χ3v) is 5.38. The normalized spacial score (nSPS) is 18.5. The van der Waals surface area contributed by atoms with Gasteiger partial charge >= 0.3 is 0 Å². The first kappa shape index (κ1) is 16.3. The van der Waals surface area contributed by atoms with Crippen LogP contribution in [0, 0.1) is 0 Å². The third kappa shape index (κ3) is 3.91. The van der Waals surface area contributed by atoms with Gasteiger partial charge in [0, 0.05) is 31.4 Å². The maximum Gasteiger partial charge on any atom is 0.198 e. The zero-order valence-electron chi connectivity index (χ0n) is 14.1. The molecule has 1 atom stereocenters. The highest BCUT2D eigenvalue weighted by atomic mass is 32.2. The number of aromatic nitrogens is 5. The SMILES string of the molecule is Cn1cnnc1Sc1ccc(CN2CCCC(c3ccncn3)C2)o1. The summed E-state index contributed by atoms with van der Waals surface area (Å²) in [4.78, 5) is 10.9. The Morgan fingerprint density at radius 1 is 1.32 bits per heavy atom. The lowest BCUT2D eigenvalue weighted by Gasteiger charge is -2.31. The number of piperidine rings is 1. The Morgan fingerprint density at radius 2 is 2.28 bits per heavy atom. The minimum Gasteiger partial charge on any atom is -0.453 e. The molecule has 0 spiro atoms. The van der Waals surface area contributed by atoms with Crippen molar-refractivity contribution in [1.82, 2.24) is 29.6 Å². The lowest BCUT2D eigenvalue weighted by atomic mass is 9.94. The van der Waals surface area contributed by atoms with Crippen molar-refractivity contribution >= 4 is 11.8 Å². The number of nitrogens with zero attached hydrogens (tertiary/aromatic N) is 6. The van der Waals surface area contributed by atoms with Gasteiger partial charge in [-0.05, 0) is 49.3 Å². The minimum absolute atomic E-state index is 0.471. The summed E-state index contributed by atoms with van der Waals surface area (Å²) in [6, 6.07) is 6.07. The van der Waals surface area contributed by atoms with E-state index in [1.165, 1.54) is 24.6 Å². The number of aryl methyl sites for hydroxylation is 1. The Bertz CT molecular complexity index is 817. The van der Waals surface area contributed by atoms with Gasteiger partial charge in [0.1, 0.15) is 18.4 Å². The quantitative estimate of drug-likeness (QED) is 0.696. The van der Waals surface area contributed by atoms with Crippen molar-refractivity contribution in [3.63, 3.8) is 0 Å². The van der Waals surface area contributed by atoms with E-state index in [2.05, 4.69) is 25.1 Å². The molecule has 1 aliphatic heterocycles. The first-order valence-electron chi connectivity index (χ1n) is 8.37. The maximum atomic E-state index is 5.97. The molecule has 0 aromatic carbocycles. The Hall–Kier alpha value is -2.19. The molecule has 4 heterocycles. The first-order chi connectivity index (χ1) is 12.3. The lowest BCUT2D eigenvalue weighted by molar-refractivity contribution is 0.182. The molecule has 1 saturated heterocycles. The van der Waals surface area contributed by atoms with Crippen molar-refractivity contribution in [3.8, 4) is 0 Å². The molecule has 0 radical (unpaired) electrons. The van der Waals surface area contributed by atoms with Crippen LogP contribution in [0.2, 0.25) is 0 Å². The van der Waals surface area contributed by atoms with Gasteiger partial charge in [-0.15, -0.1) is 10.2 Å². The van der Waals surface area contributed by atoms with E-state index in [0.29, 0.717) is 5.92 Å². The Kier molecular flexibility index (Phi) is 4.80. The van der Waals surface area contributed by atoms with Crippen LogP contribution in [0.5, 0.6) is 0 Å². The van der Waals surface area contributed by atoms with Crippen molar-refractivity contribution in [2.45, 2.75) is 35.6 Å². The van der Waals surface area contributed by atoms with Gasteiger partial charge < -0.3 is 8.98 Å². The maximum absolute atomic E-state index is 5.97. The minimum atomic E-state index is 0.471. The van der Waals surface area contributed by atoms with Crippen LogP contribution >= 0.6 is 11.8 Å². The van der Waals surface area contributed by atoms with E-state index in [-0.39, 0.29) is 0 Å².